The zero-order valence-corrected chi connectivity index (χ0v) is 12.5. The van der Waals surface area contributed by atoms with Crippen LogP contribution in [0.15, 0.2) is 30.9 Å². The minimum atomic E-state index is -1.18. The van der Waals surface area contributed by atoms with Crippen LogP contribution >= 0.6 is 0 Å². The molecule has 120 valence electrons. The highest BCUT2D eigenvalue weighted by molar-refractivity contribution is 5.97. The van der Waals surface area contributed by atoms with Gasteiger partial charge in [0.25, 0.3) is 5.91 Å². The van der Waals surface area contributed by atoms with Gasteiger partial charge in [-0.2, -0.15) is 0 Å². The molecule has 0 spiro atoms. The monoisotopic (exact) mass is 309 g/mol. The number of amides is 1. The number of carbonyl (C=O) groups is 2. The van der Waals surface area contributed by atoms with Crippen LogP contribution in [0.4, 0.5) is 0 Å². The molecule has 0 bridgehead atoms. The van der Waals surface area contributed by atoms with Crippen molar-refractivity contribution in [3.63, 3.8) is 0 Å². The number of ether oxygens (including phenoxy) is 3. The molecule has 1 amide bonds. The van der Waals surface area contributed by atoms with E-state index in [0.29, 0.717) is 11.5 Å². The van der Waals surface area contributed by atoms with Gasteiger partial charge in [0.05, 0.1) is 27.4 Å². The maximum absolute atomic E-state index is 12.1. The van der Waals surface area contributed by atoms with Gasteiger partial charge in [0.1, 0.15) is 0 Å². The predicted octanol–water partition coefficient (Wildman–Crippen LogP) is 1.09. The van der Waals surface area contributed by atoms with E-state index in [1.807, 2.05) is 0 Å². The summed E-state index contributed by atoms with van der Waals surface area (Å²) in [5.41, 5.74) is 0.257. The minimum absolute atomic E-state index is 0.152. The summed E-state index contributed by atoms with van der Waals surface area (Å²) < 4.78 is 15.2. The summed E-state index contributed by atoms with van der Waals surface area (Å²) in [5, 5.41) is 11.5. The first-order chi connectivity index (χ1) is 10.5. The van der Waals surface area contributed by atoms with E-state index in [1.165, 1.54) is 32.4 Å². The molecule has 1 aromatic rings. The largest absolute Gasteiger partial charge is 0.493 e. The lowest BCUT2D eigenvalue weighted by Crippen LogP contribution is -2.44. The second-order valence-electron chi connectivity index (χ2n) is 4.26. The number of hydrogen-bond acceptors (Lipinski definition) is 5. The van der Waals surface area contributed by atoms with Crippen molar-refractivity contribution in [2.45, 2.75) is 6.04 Å². The van der Waals surface area contributed by atoms with Gasteiger partial charge in [0.15, 0.2) is 17.5 Å². The number of carbonyl (C=O) groups excluding carboxylic acids is 1. The van der Waals surface area contributed by atoms with Crippen molar-refractivity contribution >= 4 is 11.9 Å². The second-order valence-corrected chi connectivity index (χ2v) is 4.26. The average molecular weight is 309 g/mol. The van der Waals surface area contributed by atoms with Crippen molar-refractivity contribution in [1.29, 1.82) is 0 Å². The Balaban J connectivity index is 2.81. The molecular weight excluding hydrogens is 290 g/mol. The number of carboxylic acid groups (broad SMARTS) is 1. The molecule has 1 unspecified atom stereocenters. The highest BCUT2D eigenvalue weighted by Gasteiger charge is 2.21. The smallest absolute Gasteiger partial charge is 0.328 e. The van der Waals surface area contributed by atoms with Crippen LogP contribution in [0.5, 0.6) is 11.5 Å². The maximum atomic E-state index is 12.1. The van der Waals surface area contributed by atoms with Gasteiger partial charge in [-0.05, 0) is 18.2 Å². The van der Waals surface area contributed by atoms with Crippen LogP contribution in [0.3, 0.4) is 0 Å². The highest BCUT2D eigenvalue weighted by atomic mass is 16.5. The van der Waals surface area contributed by atoms with Crippen molar-refractivity contribution in [3.8, 4) is 11.5 Å². The third-order valence-corrected chi connectivity index (χ3v) is 2.77. The van der Waals surface area contributed by atoms with Crippen LogP contribution < -0.4 is 14.8 Å². The number of nitrogens with one attached hydrogen (secondary N) is 1. The Morgan fingerprint density at radius 1 is 1.32 bits per heavy atom. The van der Waals surface area contributed by atoms with Gasteiger partial charge in [-0.25, -0.2) is 4.79 Å². The molecule has 7 heteroatoms. The van der Waals surface area contributed by atoms with Gasteiger partial charge >= 0.3 is 5.97 Å². The quantitative estimate of drug-likeness (QED) is 0.524. The Bertz CT molecular complexity index is 543. The molecule has 0 aromatic heterocycles. The molecule has 0 radical (unpaired) electrons. The molecule has 7 nitrogen and oxygen atoms in total. The molecule has 1 rings (SSSR count). The van der Waals surface area contributed by atoms with Crippen LogP contribution in [0.2, 0.25) is 0 Å². The van der Waals surface area contributed by atoms with Crippen LogP contribution in [0.1, 0.15) is 10.4 Å². The molecule has 2 N–H and O–H groups in total. The van der Waals surface area contributed by atoms with Crippen molar-refractivity contribution in [2.75, 3.05) is 27.4 Å². The number of carboxylic acids is 1. The number of benzene rings is 1. The molecular formula is C15H19NO6. The Labute approximate surface area is 128 Å². The van der Waals surface area contributed by atoms with E-state index in [-0.39, 0.29) is 18.8 Å². The fourth-order valence-corrected chi connectivity index (χ4v) is 1.66. The Morgan fingerprint density at radius 2 is 2.00 bits per heavy atom. The first-order valence-electron chi connectivity index (χ1n) is 6.47. The van der Waals surface area contributed by atoms with Gasteiger partial charge in [-0.15, -0.1) is 6.58 Å². The number of hydrogen-bond donors (Lipinski definition) is 2. The maximum Gasteiger partial charge on any atom is 0.328 e. The van der Waals surface area contributed by atoms with E-state index >= 15 is 0 Å². The van der Waals surface area contributed by atoms with Gasteiger partial charge in [-0.1, -0.05) is 6.08 Å². The zero-order chi connectivity index (χ0) is 16.5. The molecule has 0 saturated carbocycles. The zero-order valence-electron chi connectivity index (χ0n) is 12.5. The lowest BCUT2D eigenvalue weighted by molar-refractivity contribution is -0.140. The fraction of sp³-hybridized carbons (Fsp3) is 0.333. The van der Waals surface area contributed by atoms with Crippen LogP contribution in [-0.2, 0) is 9.53 Å². The summed E-state index contributed by atoms with van der Waals surface area (Å²) in [6.07, 6.45) is 1.50. The molecule has 0 heterocycles. The van der Waals surface area contributed by atoms with Crippen molar-refractivity contribution in [3.05, 3.63) is 36.4 Å². The lowest BCUT2D eigenvalue weighted by Gasteiger charge is -2.15. The molecule has 0 aliphatic carbocycles. The molecule has 0 aliphatic heterocycles. The number of methoxy groups -OCH3 is 2. The van der Waals surface area contributed by atoms with Crippen molar-refractivity contribution in [1.82, 2.24) is 5.32 Å². The summed E-state index contributed by atoms with van der Waals surface area (Å²) in [4.78, 5) is 23.2. The van der Waals surface area contributed by atoms with Gasteiger partial charge < -0.3 is 24.6 Å². The molecule has 0 saturated heterocycles. The van der Waals surface area contributed by atoms with E-state index in [0.717, 1.165) is 0 Å². The summed E-state index contributed by atoms with van der Waals surface area (Å²) >= 11 is 0. The van der Waals surface area contributed by atoms with Gasteiger partial charge in [-0.3, -0.25) is 4.79 Å². The normalized spacial score (nSPS) is 11.4. The number of rotatable bonds is 9. The Hall–Kier alpha value is -2.54. The second kappa shape index (κ2) is 8.68. The fourth-order valence-electron chi connectivity index (χ4n) is 1.66. The number of aliphatic carboxylic acids is 1. The average Bonchev–Trinajstić information content (AvgIpc) is 2.52. The Kier molecular flexibility index (Phi) is 6.91. The van der Waals surface area contributed by atoms with Crippen molar-refractivity contribution < 1.29 is 28.9 Å². The highest BCUT2D eigenvalue weighted by Crippen LogP contribution is 2.27. The molecule has 1 atom stereocenters. The third-order valence-electron chi connectivity index (χ3n) is 2.77. The van der Waals surface area contributed by atoms with E-state index in [9.17, 15) is 9.59 Å². The predicted molar refractivity (Wildman–Crippen MR) is 79.5 cm³/mol. The first-order valence-corrected chi connectivity index (χ1v) is 6.47. The lowest BCUT2D eigenvalue weighted by atomic mass is 10.1. The molecule has 1 aromatic carbocycles. The summed E-state index contributed by atoms with van der Waals surface area (Å²) in [5.74, 6) is -0.874. The summed E-state index contributed by atoms with van der Waals surface area (Å²) in [6.45, 7) is 3.51. The first kappa shape index (κ1) is 17.5. The standard InChI is InChI=1S/C15H19NO6/c1-4-7-22-9-11(15(18)19)16-14(17)10-5-6-12(20-2)13(8-10)21-3/h4-6,8,11H,1,7,9H2,2-3H3,(H,16,17)(H,18,19). The summed E-state index contributed by atoms with van der Waals surface area (Å²) in [6, 6.07) is 3.40. The van der Waals surface area contributed by atoms with E-state index in [1.54, 1.807) is 6.07 Å². The van der Waals surface area contributed by atoms with E-state index < -0.39 is 17.9 Å². The Morgan fingerprint density at radius 3 is 2.55 bits per heavy atom. The molecule has 22 heavy (non-hydrogen) atoms. The van der Waals surface area contributed by atoms with Crippen LogP contribution in [0.25, 0.3) is 0 Å². The summed E-state index contributed by atoms with van der Waals surface area (Å²) in [7, 11) is 2.93. The van der Waals surface area contributed by atoms with E-state index in [4.69, 9.17) is 19.3 Å². The minimum Gasteiger partial charge on any atom is -0.493 e. The molecule has 0 aliphatic rings. The van der Waals surface area contributed by atoms with Gasteiger partial charge in [0.2, 0.25) is 0 Å². The topological polar surface area (TPSA) is 94.1 Å². The van der Waals surface area contributed by atoms with Crippen LogP contribution in [-0.4, -0.2) is 50.5 Å². The SMILES string of the molecule is C=CCOCC(NC(=O)c1ccc(OC)c(OC)c1)C(=O)O. The van der Waals surface area contributed by atoms with Gasteiger partial charge in [0, 0.05) is 5.56 Å². The van der Waals surface area contributed by atoms with Crippen molar-refractivity contribution in [2.24, 2.45) is 0 Å². The third kappa shape index (κ3) is 4.78. The van der Waals surface area contributed by atoms with Crippen LogP contribution in [0, 0.1) is 0 Å². The molecule has 0 fully saturated rings. The van der Waals surface area contributed by atoms with E-state index in [2.05, 4.69) is 11.9 Å².